The maximum atomic E-state index is 12.4. The maximum Gasteiger partial charge on any atom is 0.351 e. The second-order valence-corrected chi connectivity index (χ2v) is 7.34. The largest absolute Gasteiger partial charge is 0.462 e. The van der Waals surface area contributed by atoms with Crippen molar-refractivity contribution in [3.8, 4) is 0 Å². The van der Waals surface area contributed by atoms with E-state index < -0.39 is 11.6 Å². The zero-order chi connectivity index (χ0) is 20.5. The van der Waals surface area contributed by atoms with Gasteiger partial charge in [-0.05, 0) is 36.8 Å². The summed E-state index contributed by atoms with van der Waals surface area (Å²) >= 11 is 3.28. The van der Waals surface area contributed by atoms with Crippen LogP contribution in [-0.4, -0.2) is 35.8 Å². The van der Waals surface area contributed by atoms with E-state index in [1.807, 2.05) is 0 Å². The van der Waals surface area contributed by atoms with Crippen LogP contribution in [0.3, 0.4) is 0 Å². The molecule has 29 heavy (non-hydrogen) atoms. The normalized spacial score (nSPS) is 13.1. The fourth-order valence-electron chi connectivity index (χ4n) is 3.14. The molecule has 0 fully saturated rings. The lowest BCUT2D eigenvalue weighted by Gasteiger charge is -2.13. The highest BCUT2D eigenvalue weighted by Crippen LogP contribution is 2.26. The molecule has 0 bridgehead atoms. The van der Waals surface area contributed by atoms with Crippen LogP contribution in [-0.2, 0) is 4.74 Å². The number of amides is 2. The number of fused-ring (bicyclic) bond motifs is 2. The number of para-hydroxylation sites is 1. The van der Waals surface area contributed by atoms with E-state index in [1.165, 1.54) is 6.07 Å². The lowest BCUT2D eigenvalue weighted by Crippen LogP contribution is -2.31. The number of rotatable bonds is 5. The van der Waals surface area contributed by atoms with Crippen molar-refractivity contribution in [2.24, 2.45) is 0 Å². The van der Waals surface area contributed by atoms with Gasteiger partial charge in [0.25, 0.3) is 11.8 Å². The number of hydrogen-bond donors (Lipinski definition) is 0. The van der Waals surface area contributed by atoms with Gasteiger partial charge in [0.05, 0.1) is 17.7 Å². The van der Waals surface area contributed by atoms with Gasteiger partial charge < -0.3 is 9.15 Å². The summed E-state index contributed by atoms with van der Waals surface area (Å²) in [6, 6.07) is 13.2. The van der Waals surface area contributed by atoms with Crippen LogP contribution in [0.5, 0.6) is 0 Å². The van der Waals surface area contributed by atoms with Crippen molar-refractivity contribution < 1.29 is 23.5 Å². The lowest BCUT2D eigenvalue weighted by atomic mass is 10.1. The summed E-state index contributed by atoms with van der Waals surface area (Å²) in [5.74, 6) is -1.57. The molecule has 0 saturated heterocycles. The Balaban J connectivity index is 1.37. The van der Waals surface area contributed by atoms with E-state index in [2.05, 4.69) is 15.9 Å². The van der Waals surface area contributed by atoms with Crippen LogP contribution in [0.25, 0.3) is 11.0 Å². The second-order valence-electron chi connectivity index (χ2n) is 6.43. The Bertz CT molecular complexity index is 1220. The van der Waals surface area contributed by atoms with Crippen LogP contribution < -0.4 is 5.63 Å². The standard InChI is InChI=1S/C21H14BrNO6/c22-13-6-7-14-15(11-13)19(25)23(18(14)24)8-3-9-28-20(26)16-10-12-4-1-2-5-17(12)29-21(16)27/h1-2,4-7,10-11H,3,8-9H2. The van der Waals surface area contributed by atoms with Crippen LogP contribution in [0, 0.1) is 0 Å². The van der Waals surface area contributed by atoms with Gasteiger partial charge in [-0.1, -0.05) is 34.1 Å². The van der Waals surface area contributed by atoms with Gasteiger partial charge in [-0.2, -0.15) is 0 Å². The molecular formula is C21H14BrNO6. The fourth-order valence-corrected chi connectivity index (χ4v) is 3.50. The molecule has 0 N–H and O–H groups in total. The average molecular weight is 456 g/mol. The number of esters is 1. The molecule has 0 unspecified atom stereocenters. The molecule has 1 aliphatic heterocycles. The molecule has 0 aliphatic carbocycles. The Morgan fingerprint density at radius 3 is 2.59 bits per heavy atom. The summed E-state index contributed by atoms with van der Waals surface area (Å²) in [5, 5.41) is 0.608. The first kappa shape index (κ1) is 19.1. The van der Waals surface area contributed by atoms with Gasteiger partial charge in [0.1, 0.15) is 11.1 Å². The molecule has 3 aromatic rings. The SMILES string of the molecule is O=C(OCCCN1C(=O)c2ccc(Br)cc2C1=O)c1cc2ccccc2oc1=O. The second kappa shape index (κ2) is 7.63. The molecule has 2 amide bonds. The molecule has 1 aromatic heterocycles. The summed E-state index contributed by atoms with van der Waals surface area (Å²) in [7, 11) is 0. The maximum absolute atomic E-state index is 12.4. The van der Waals surface area contributed by atoms with E-state index in [9.17, 15) is 19.2 Å². The summed E-state index contributed by atoms with van der Waals surface area (Å²) in [5.41, 5.74) is 0.0966. The number of ether oxygens (including phenoxy) is 1. The Labute approximate surface area is 173 Å². The molecule has 0 spiro atoms. The van der Waals surface area contributed by atoms with Crippen molar-refractivity contribution in [3.63, 3.8) is 0 Å². The summed E-state index contributed by atoms with van der Waals surface area (Å²) in [6.45, 7) is 0.0474. The first-order valence-electron chi connectivity index (χ1n) is 8.81. The summed E-state index contributed by atoms with van der Waals surface area (Å²) in [4.78, 5) is 50.1. The molecule has 0 radical (unpaired) electrons. The average Bonchev–Trinajstić information content (AvgIpc) is 2.94. The summed E-state index contributed by atoms with van der Waals surface area (Å²) < 4.78 is 11.0. The minimum absolute atomic E-state index is 0.0534. The third kappa shape index (κ3) is 3.58. The van der Waals surface area contributed by atoms with Gasteiger partial charge in [0.15, 0.2) is 0 Å². The molecule has 146 valence electrons. The smallest absolute Gasteiger partial charge is 0.351 e. The van der Waals surface area contributed by atoms with Gasteiger partial charge in [0, 0.05) is 16.4 Å². The van der Waals surface area contributed by atoms with E-state index in [4.69, 9.17) is 9.15 Å². The quantitative estimate of drug-likeness (QED) is 0.253. The molecule has 0 atom stereocenters. The monoisotopic (exact) mass is 455 g/mol. The van der Waals surface area contributed by atoms with Crippen LogP contribution in [0.1, 0.15) is 37.5 Å². The molecule has 2 heterocycles. The van der Waals surface area contributed by atoms with Gasteiger partial charge in [-0.25, -0.2) is 9.59 Å². The number of nitrogens with zero attached hydrogens (tertiary/aromatic N) is 1. The predicted octanol–water partition coefficient (Wildman–Crippen LogP) is 3.40. The van der Waals surface area contributed by atoms with Crippen LogP contribution in [0.2, 0.25) is 0 Å². The van der Waals surface area contributed by atoms with Crippen molar-refractivity contribution >= 4 is 44.7 Å². The molecule has 1 aliphatic rings. The van der Waals surface area contributed by atoms with E-state index in [1.54, 1.807) is 42.5 Å². The van der Waals surface area contributed by atoms with Crippen molar-refractivity contribution in [1.29, 1.82) is 0 Å². The molecule has 8 heteroatoms. The Hall–Kier alpha value is -3.26. The van der Waals surface area contributed by atoms with Gasteiger partial charge in [-0.15, -0.1) is 0 Å². The van der Waals surface area contributed by atoms with Gasteiger partial charge >= 0.3 is 11.6 Å². The molecule has 2 aromatic carbocycles. The molecular weight excluding hydrogens is 442 g/mol. The summed E-state index contributed by atoms with van der Waals surface area (Å²) in [6.07, 6.45) is 0.247. The van der Waals surface area contributed by atoms with Crippen molar-refractivity contribution in [2.75, 3.05) is 13.2 Å². The Morgan fingerprint density at radius 1 is 1.00 bits per heavy atom. The van der Waals surface area contributed by atoms with Crippen LogP contribution in [0.4, 0.5) is 0 Å². The number of carbonyl (C=O) groups excluding carboxylic acids is 3. The molecule has 0 saturated carbocycles. The number of imide groups is 1. The van der Waals surface area contributed by atoms with E-state index >= 15 is 0 Å². The molecule has 4 rings (SSSR count). The third-order valence-corrected chi connectivity index (χ3v) is 5.05. The number of halogens is 1. The number of benzene rings is 2. The third-order valence-electron chi connectivity index (χ3n) is 4.55. The zero-order valence-corrected chi connectivity index (χ0v) is 16.6. The zero-order valence-electron chi connectivity index (χ0n) is 15.0. The predicted molar refractivity (Wildman–Crippen MR) is 107 cm³/mol. The Kier molecular flexibility index (Phi) is 5.02. The topological polar surface area (TPSA) is 93.9 Å². The van der Waals surface area contributed by atoms with E-state index in [0.29, 0.717) is 26.6 Å². The number of hydrogen-bond acceptors (Lipinski definition) is 6. The van der Waals surface area contributed by atoms with Crippen LogP contribution in [0.15, 0.2) is 62.2 Å². The van der Waals surface area contributed by atoms with Gasteiger partial charge in [-0.3, -0.25) is 14.5 Å². The highest BCUT2D eigenvalue weighted by molar-refractivity contribution is 9.10. The minimum Gasteiger partial charge on any atom is -0.462 e. The molecule has 7 nitrogen and oxygen atoms in total. The highest BCUT2D eigenvalue weighted by atomic mass is 79.9. The number of carbonyl (C=O) groups is 3. The first-order valence-corrected chi connectivity index (χ1v) is 9.61. The first-order chi connectivity index (χ1) is 14.0. The lowest BCUT2D eigenvalue weighted by molar-refractivity contribution is 0.0478. The fraction of sp³-hybridized carbons (Fsp3) is 0.143. The van der Waals surface area contributed by atoms with E-state index in [0.717, 1.165) is 4.90 Å². The van der Waals surface area contributed by atoms with Crippen molar-refractivity contribution in [1.82, 2.24) is 4.90 Å². The van der Waals surface area contributed by atoms with Crippen molar-refractivity contribution in [2.45, 2.75) is 6.42 Å². The van der Waals surface area contributed by atoms with E-state index in [-0.39, 0.29) is 37.0 Å². The van der Waals surface area contributed by atoms with Crippen molar-refractivity contribution in [3.05, 3.63) is 80.1 Å². The minimum atomic E-state index is -0.809. The highest BCUT2D eigenvalue weighted by Gasteiger charge is 2.35. The Morgan fingerprint density at radius 2 is 1.76 bits per heavy atom. The van der Waals surface area contributed by atoms with Crippen LogP contribution >= 0.6 is 15.9 Å². The van der Waals surface area contributed by atoms with Gasteiger partial charge in [0.2, 0.25) is 0 Å².